The molecule has 2 heterocycles. The molecule has 0 saturated carbocycles. The van der Waals surface area contributed by atoms with Crippen molar-refractivity contribution >= 4 is 37.7 Å². The average Bonchev–Trinajstić information content (AvgIpc) is 2.91. The second-order valence-electron chi connectivity index (χ2n) is 10.4. The Hall–Kier alpha value is -3.15. The van der Waals surface area contributed by atoms with Gasteiger partial charge < -0.3 is 19.5 Å². The predicted molar refractivity (Wildman–Crippen MR) is 142 cm³/mol. The molecule has 1 saturated heterocycles. The third-order valence-electron chi connectivity index (χ3n) is 7.12. The van der Waals surface area contributed by atoms with Gasteiger partial charge in [0, 0.05) is 18.8 Å². The third kappa shape index (κ3) is 6.28. The van der Waals surface area contributed by atoms with Crippen LogP contribution in [0.1, 0.15) is 33.1 Å². The Morgan fingerprint density at radius 1 is 1.05 bits per heavy atom. The van der Waals surface area contributed by atoms with E-state index >= 15 is 0 Å². The first kappa shape index (κ1) is 31.8. The van der Waals surface area contributed by atoms with Crippen LogP contribution < -0.4 is 23.8 Å². The average molecular weight is 638 g/mol. The summed E-state index contributed by atoms with van der Waals surface area (Å²) >= 11 is 0. The SMILES string of the molecule is CC(C)(N(C(=O)[O-])c1ccc2c(c1)N(S(=O)(=O)c1ccc(F)cc1)C[C@H](CNS(=O)(=O)N1CCCCC1)O2)C(F)(F)F. The summed E-state index contributed by atoms with van der Waals surface area (Å²) in [6.45, 7) is 1.02. The van der Waals surface area contributed by atoms with Crippen molar-refractivity contribution in [2.75, 3.05) is 35.4 Å². The van der Waals surface area contributed by atoms with Crippen molar-refractivity contribution < 1.29 is 49.0 Å². The number of amides is 1. The highest BCUT2D eigenvalue weighted by atomic mass is 32.2. The molecule has 0 aliphatic carbocycles. The zero-order valence-corrected chi connectivity index (χ0v) is 24.2. The smallest absolute Gasteiger partial charge is 0.411 e. The van der Waals surface area contributed by atoms with Crippen LogP contribution >= 0.6 is 0 Å². The van der Waals surface area contributed by atoms with E-state index in [1.54, 1.807) is 0 Å². The second kappa shape index (κ2) is 11.5. The molecule has 0 radical (unpaired) electrons. The van der Waals surface area contributed by atoms with Gasteiger partial charge in [-0.2, -0.15) is 30.6 Å². The minimum atomic E-state index is -5.03. The van der Waals surface area contributed by atoms with Gasteiger partial charge in [0.1, 0.15) is 29.3 Å². The van der Waals surface area contributed by atoms with Crippen LogP contribution in [0.3, 0.4) is 0 Å². The van der Waals surface area contributed by atoms with Gasteiger partial charge in [-0.15, -0.1) is 0 Å². The fraction of sp³-hybridized carbons (Fsp3) is 0.480. The van der Waals surface area contributed by atoms with Crippen LogP contribution in [0.25, 0.3) is 0 Å². The van der Waals surface area contributed by atoms with Gasteiger partial charge in [0.25, 0.3) is 20.2 Å². The van der Waals surface area contributed by atoms with Crippen LogP contribution in [0, 0.1) is 5.82 Å². The molecule has 1 atom stereocenters. The lowest BCUT2D eigenvalue weighted by molar-refractivity contribution is -0.254. The standard InChI is InChI=1S/C25H30F4N4O7S2/c1-24(2,25(27,28)29)33(23(34)35)18-8-11-22-21(14-18)32(41(36,37)20-9-6-17(26)7-10-20)16-19(40-22)15-30-42(38,39)31-12-4-3-5-13-31/h6-11,14,19,30H,3-5,12-13,15-16H2,1-2H3,(H,34,35)/p-1/t19-/m0/s1. The molecule has 2 aliphatic heterocycles. The van der Waals surface area contributed by atoms with Crippen molar-refractivity contribution in [2.45, 2.75) is 55.8 Å². The van der Waals surface area contributed by atoms with E-state index in [4.69, 9.17) is 4.74 Å². The van der Waals surface area contributed by atoms with Crippen LogP contribution in [-0.2, 0) is 20.2 Å². The number of carbonyl (C=O) groups excluding carboxylic acids is 1. The Balaban J connectivity index is 1.74. The second-order valence-corrected chi connectivity index (χ2v) is 14.0. The van der Waals surface area contributed by atoms with E-state index < -0.39 is 62.2 Å². The molecule has 2 aliphatic rings. The number of sulfonamides is 1. The molecule has 4 rings (SSSR count). The highest BCUT2D eigenvalue weighted by Gasteiger charge is 2.52. The zero-order valence-electron chi connectivity index (χ0n) is 22.6. The lowest BCUT2D eigenvalue weighted by Crippen LogP contribution is -2.60. The maximum atomic E-state index is 13.8. The number of fused-ring (bicyclic) bond motifs is 1. The van der Waals surface area contributed by atoms with Crippen LogP contribution in [0.15, 0.2) is 47.4 Å². The number of nitrogens with zero attached hydrogens (tertiary/aromatic N) is 3. The number of carboxylic acid groups (broad SMARTS) is 1. The molecule has 42 heavy (non-hydrogen) atoms. The number of anilines is 2. The molecular formula is C25H29F4N4O7S2-. The minimum Gasteiger partial charge on any atom is -0.530 e. The molecule has 0 bridgehead atoms. The number of carbonyl (C=O) groups is 1. The molecule has 0 unspecified atom stereocenters. The summed E-state index contributed by atoms with van der Waals surface area (Å²) in [6, 6.07) is 6.75. The van der Waals surface area contributed by atoms with E-state index in [2.05, 4.69) is 4.72 Å². The Labute approximate surface area is 240 Å². The normalized spacial score (nSPS) is 18.7. The van der Waals surface area contributed by atoms with Gasteiger partial charge in [0.05, 0.1) is 23.7 Å². The van der Waals surface area contributed by atoms with Crippen LogP contribution in [0.4, 0.5) is 33.7 Å². The summed E-state index contributed by atoms with van der Waals surface area (Å²) in [5.74, 6) is -0.886. The van der Waals surface area contributed by atoms with Crippen LogP contribution in [0.2, 0.25) is 0 Å². The monoisotopic (exact) mass is 637 g/mol. The first-order chi connectivity index (χ1) is 19.4. The molecule has 232 valence electrons. The van der Waals surface area contributed by atoms with Crippen molar-refractivity contribution in [2.24, 2.45) is 0 Å². The van der Waals surface area contributed by atoms with Gasteiger partial charge in [0.15, 0.2) is 0 Å². The maximum absolute atomic E-state index is 13.8. The number of rotatable bonds is 8. The zero-order chi connectivity index (χ0) is 31.1. The molecule has 0 spiro atoms. The highest BCUT2D eigenvalue weighted by molar-refractivity contribution is 7.92. The summed E-state index contributed by atoms with van der Waals surface area (Å²) in [5.41, 5.74) is -3.83. The maximum Gasteiger partial charge on any atom is 0.411 e. The fourth-order valence-corrected chi connectivity index (χ4v) is 7.50. The molecule has 2 aromatic rings. The van der Waals surface area contributed by atoms with Crippen molar-refractivity contribution in [1.82, 2.24) is 9.03 Å². The van der Waals surface area contributed by atoms with E-state index in [9.17, 15) is 44.3 Å². The van der Waals surface area contributed by atoms with Gasteiger partial charge >= 0.3 is 6.18 Å². The third-order valence-corrected chi connectivity index (χ3v) is 10.5. The van der Waals surface area contributed by atoms with E-state index in [0.29, 0.717) is 39.8 Å². The lowest BCUT2D eigenvalue weighted by Gasteiger charge is -2.42. The van der Waals surface area contributed by atoms with Crippen molar-refractivity contribution in [3.63, 3.8) is 0 Å². The predicted octanol–water partition coefficient (Wildman–Crippen LogP) is 2.59. The minimum absolute atomic E-state index is 0.0468. The van der Waals surface area contributed by atoms with Crippen molar-refractivity contribution in [3.05, 3.63) is 48.3 Å². The molecule has 11 nitrogen and oxygen atoms in total. The van der Waals surface area contributed by atoms with Crippen molar-refractivity contribution in [1.29, 1.82) is 0 Å². The van der Waals surface area contributed by atoms with E-state index in [1.807, 2.05) is 0 Å². The highest BCUT2D eigenvalue weighted by Crippen LogP contribution is 2.43. The van der Waals surface area contributed by atoms with E-state index in [-0.39, 0.29) is 27.8 Å². The number of hydrogen-bond donors (Lipinski definition) is 1. The van der Waals surface area contributed by atoms with Gasteiger partial charge in [-0.1, -0.05) is 6.42 Å². The Kier molecular flexibility index (Phi) is 8.70. The number of piperidine rings is 1. The Morgan fingerprint density at radius 2 is 1.67 bits per heavy atom. The molecule has 0 aromatic heterocycles. The molecule has 17 heteroatoms. The molecular weight excluding hydrogens is 608 g/mol. The topological polar surface area (TPSA) is 139 Å². The lowest BCUT2D eigenvalue weighted by atomic mass is 10.0. The first-order valence-corrected chi connectivity index (χ1v) is 15.7. The van der Waals surface area contributed by atoms with Gasteiger partial charge in [-0.3, -0.25) is 4.31 Å². The van der Waals surface area contributed by atoms with E-state index in [0.717, 1.165) is 53.2 Å². The number of ether oxygens (including phenoxy) is 1. The number of alkyl halides is 3. The van der Waals surface area contributed by atoms with Crippen LogP contribution in [-0.4, -0.2) is 71.2 Å². The summed E-state index contributed by atoms with van der Waals surface area (Å²) in [7, 11) is -8.45. The van der Waals surface area contributed by atoms with Gasteiger partial charge in [-0.05, 0) is 69.2 Å². The fourth-order valence-electron chi connectivity index (χ4n) is 4.69. The Bertz CT molecular complexity index is 1530. The van der Waals surface area contributed by atoms with Crippen LogP contribution in [0.5, 0.6) is 5.75 Å². The number of hydrogen-bond acceptors (Lipinski definition) is 7. The number of benzene rings is 2. The van der Waals surface area contributed by atoms with Gasteiger partial charge in [0.2, 0.25) is 0 Å². The van der Waals surface area contributed by atoms with Gasteiger partial charge in [-0.25, -0.2) is 12.8 Å². The summed E-state index contributed by atoms with van der Waals surface area (Å²) in [5, 5.41) is 11.9. The molecule has 2 aromatic carbocycles. The summed E-state index contributed by atoms with van der Waals surface area (Å²) in [4.78, 5) is 11.5. The molecule has 1 fully saturated rings. The summed E-state index contributed by atoms with van der Waals surface area (Å²) in [6.07, 6.45) is -6.05. The first-order valence-electron chi connectivity index (χ1n) is 12.9. The molecule has 1 amide bonds. The molecule has 1 N–H and O–H groups in total. The number of halogens is 4. The van der Waals surface area contributed by atoms with E-state index in [1.165, 1.54) is 4.31 Å². The quantitative estimate of drug-likeness (QED) is 0.439. The summed E-state index contributed by atoms with van der Waals surface area (Å²) < 4.78 is 118. The largest absolute Gasteiger partial charge is 0.530 e. The van der Waals surface area contributed by atoms with Crippen molar-refractivity contribution in [3.8, 4) is 5.75 Å². The number of nitrogens with one attached hydrogen (secondary N) is 1. The Morgan fingerprint density at radius 3 is 2.24 bits per heavy atom.